The minimum Gasteiger partial charge on any atom is -0.493 e. The monoisotopic (exact) mass is 343 g/mol. The molecule has 0 saturated heterocycles. The van der Waals surface area contributed by atoms with Crippen molar-refractivity contribution in [1.82, 2.24) is 10.3 Å². The number of thiocarbonyl (C=S) groups is 1. The van der Waals surface area contributed by atoms with Crippen molar-refractivity contribution in [2.75, 3.05) is 19.5 Å². The largest absolute Gasteiger partial charge is 0.493 e. The molecule has 2 N–H and O–H groups in total. The molecule has 0 atom stereocenters. The number of aromatic nitrogens is 1. The number of methoxy groups -OCH3 is 2. The Kier molecular flexibility index (Phi) is 6.27. The van der Waals surface area contributed by atoms with Crippen LogP contribution in [0.25, 0.3) is 6.08 Å². The van der Waals surface area contributed by atoms with Crippen LogP contribution in [0.2, 0.25) is 0 Å². The predicted molar refractivity (Wildman–Crippen MR) is 97.2 cm³/mol. The van der Waals surface area contributed by atoms with Crippen molar-refractivity contribution < 1.29 is 14.3 Å². The molecule has 0 saturated carbocycles. The Morgan fingerprint density at radius 1 is 1.17 bits per heavy atom. The van der Waals surface area contributed by atoms with Crippen LogP contribution >= 0.6 is 12.2 Å². The summed E-state index contributed by atoms with van der Waals surface area (Å²) in [6.45, 7) is 0. The summed E-state index contributed by atoms with van der Waals surface area (Å²) in [4.78, 5) is 16.0. The molecule has 0 fully saturated rings. The van der Waals surface area contributed by atoms with Gasteiger partial charge in [0.25, 0.3) is 0 Å². The molecule has 1 aromatic heterocycles. The van der Waals surface area contributed by atoms with E-state index in [9.17, 15) is 4.79 Å². The van der Waals surface area contributed by atoms with Gasteiger partial charge in [0.1, 0.15) is 5.82 Å². The number of rotatable bonds is 5. The average Bonchev–Trinajstić information content (AvgIpc) is 2.60. The summed E-state index contributed by atoms with van der Waals surface area (Å²) in [5.41, 5.74) is 0.798. The summed E-state index contributed by atoms with van der Waals surface area (Å²) in [7, 11) is 3.12. The van der Waals surface area contributed by atoms with E-state index in [1.54, 1.807) is 50.8 Å². The van der Waals surface area contributed by atoms with Gasteiger partial charge in [-0.25, -0.2) is 4.98 Å². The number of nitrogens with zero attached hydrogens (tertiary/aromatic N) is 1. The Labute approximate surface area is 145 Å². The Balaban J connectivity index is 1.94. The fourth-order valence-corrected chi connectivity index (χ4v) is 2.07. The van der Waals surface area contributed by atoms with Gasteiger partial charge in [0.15, 0.2) is 16.6 Å². The van der Waals surface area contributed by atoms with Gasteiger partial charge in [-0.05, 0) is 48.1 Å². The van der Waals surface area contributed by atoms with Crippen molar-refractivity contribution in [2.24, 2.45) is 0 Å². The van der Waals surface area contributed by atoms with Crippen LogP contribution in [0.15, 0.2) is 48.7 Å². The molecule has 0 radical (unpaired) electrons. The molecule has 0 aliphatic heterocycles. The highest BCUT2D eigenvalue weighted by molar-refractivity contribution is 7.80. The molecule has 6 nitrogen and oxygen atoms in total. The van der Waals surface area contributed by atoms with Gasteiger partial charge in [0, 0.05) is 12.3 Å². The molecule has 24 heavy (non-hydrogen) atoms. The SMILES string of the molecule is COc1ccc(/C=C/C(=O)NC(=S)Nc2ccccn2)cc1OC. The summed E-state index contributed by atoms with van der Waals surface area (Å²) in [6.07, 6.45) is 4.66. The Morgan fingerprint density at radius 3 is 2.62 bits per heavy atom. The second-order valence-corrected chi connectivity index (χ2v) is 5.01. The van der Waals surface area contributed by atoms with Crippen molar-refractivity contribution in [3.63, 3.8) is 0 Å². The second kappa shape index (κ2) is 8.64. The molecule has 2 aromatic rings. The highest BCUT2D eigenvalue weighted by Crippen LogP contribution is 2.27. The summed E-state index contributed by atoms with van der Waals surface area (Å²) in [6, 6.07) is 10.7. The van der Waals surface area contributed by atoms with E-state index in [0.29, 0.717) is 17.3 Å². The van der Waals surface area contributed by atoms with Gasteiger partial charge >= 0.3 is 0 Å². The molecular formula is C17H17N3O3S. The molecular weight excluding hydrogens is 326 g/mol. The van der Waals surface area contributed by atoms with Crippen molar-refractivity contribution in [1.29, 1.82) is 0 Å². The number of hydrogen-bond donors (Lipinski definition) is 2. The molecule has 7 heteroatoms. The normalized spacial score (nSPS) is 10.2. The van der Waals surface area contributed by atoms with Crippen LogP contribution in [-0.2, 0) is 4.79 Å². The Bertz CT molecular complexity index is 748. The zero-order valence-corrected chi connectivity index (χ0v) is 14.1. The molecule has 0 aliphatic carbocycles. The number of anilines is 1. The first-order valence-corrected chi connectivity index (χ1v) is 7.46. The first-order valence-electron chi connectivity index (χ1n) is 7.05. The van der Waals surface area contributed by atoms with E-state index >= 15 is 0 Å². The first-order chi connectivity index (χ1) is 11.6. The van der Waals surface area contributed by atoms with Gasteiger partial charge in [-0.3, -0.25) is 10.1 Å². The molecule has 0 aliphatic rings. The Hall–Kier alpha value is -2.93. The lowest BCUT2D eigenvalue weighted by Crippen LogP contribution is -2.33. The van der Waals surface area contributed by atoms with E-state index in [1.165, 1.54) is 6.08 Å². The fraction of sp³-hybridized carbons (Fsp3) is 0.118. The third kappa shape index (κ3) is 5.06. The number of carbonyl (C=O) groups excluding carboxylic acids is 1. The number of hydrogen-bond acceptors (Lipinski definition) is 5. The van der Waals surface area contributed by atoms with Gasteiger partial charge in [-0.2, -0.15) is 0 Å². The van der Waals surface area contributed by atoms with E-state index in [1.807, 2.05) is 12.1 Å². The lowest BCUT2D eigenvalue weighted by Gasteiger charge is -2.08. The molecule has 1 amide bonds. The summed E-state index contributed by atoms with van der Waals surface area (Å²) in [5.74, 6) is 1.43. The lowest BCUT2D eigenvalue weighted by atomic mass is 10.2. The molecule has 0 bridgehead atoms. The first kappa shape index (κ1) is 17.4. The van der Waals surface area contributed by atoms with Crippen LogP contribution < -0.4 is 20.1 Å². The zero-order valence-electron chi connectivity index (χ0n) is 13.3. The lowest BCUT2D eigenvalue weighted by molar-refractivity contribution is -0.115. The third-order valence-electron chi connectivity index (χ3n) is 2.98. The van der Waals surface area contributed by atoms with Crippen molar-refractivity contribution in [3.8, 4) is 11.5 Å². The topological polar surface area (TPSA) is 72.5 Å². The van der Waals surface area contributed by atoms with Crippen molar-refractivity contribution >= 4 is 35.1 Å². The van der Waals surface area contributed by atoms with Gasteiger partial charge in [0.05, 0.1) is 14.2 Å². The number of pyridine rings is 1. The van der Waals surface area contributed by atoms with Crippen molar-refractivity contribution in [2.45, 2.75) is 0 Å². The fourth-order valence-electron chi connectivity index (χ4n) is 1.87. The van der Waals surface area contributed by atoms with E-state index in [-0.39, 0.29) is 11.0 Å². The van der Waals surface area contributed by atoms with E-state index in [2.05, 4.69) is 15.6 Å². The van der Waals surface area contributed by atoms with Crippen LogP contribution in [0.4, 0.5) is 5.82 Å². The maximum Gasteiger partial charge on any atom is 0.250 e. The van der Waals surface area contributed by atoms with Crippen LogP contribution in [0.3, 0.4) is 0 Å². The van der Waals surface area contributed by atoms with Gasteiger partial charge in [0.2, 0.25) is 5.91 Å². The molecule has 1 aromatic carbocycles. The molecule has 1 heterocycles. The van der Waals surface area contributed by atoms with Crippen LogP contribution in [0.1, 0.15) is 5.56 Å². The highest BCUT2D eigenvalue weighted by Gasteiger charge is 2.04. The number of carbonyl (C=O) groups is 1. The number of benzene rings is 1. The maximum atomic E-state index is 11.9. The van der Waals surface area contributed by atoms with Crippen LogP contribution in [0.5, 0.6) is 11.5 Å². The van der Waals surface area contributed by atoms with Crippen LogP contribution in [-0.4, -0.2) is 30.2 Å². The summed E-state index contributed by atoms with van der Waals surface area (Å²) >= 11 is 5.06. The minimum absolute atomic E-state index is 0.177. The van der Waals surface area contributed by atoms with E-state index < -0.39 is 0 Å². The van der Waals surface area contributed by atoms with Gasteiger partial charge in [-0.1, -0.05) is 12.1 Å². The molecule has 124 valence electrons. The predicted octanol–water partition coefficient (Wildman–Crippen LogP) is 2.63. The molecule has 0 spiro atoms. The average molecular weight is 343 g/mol. The summed E-state index contributed by atoms with van der Waals surface area (Å²) < 4.78 is 10.4. The number of ether oxygens (including phenoxy) is 2. The summed E-state index contributed by atoms with van der Waals surface area (Å²) in [5, 5.41) is 5.55. The standard InChI is InChI=1S/C17H17N3O3S/c1-22-13-8-6-12(11-14(13)23-2)7-9-16(21)20-17(24)19-15-5-3-4-10-18-15/h3-11H,1-2H3,(H2,18,19,20,21,24)/b9-7+. The molecule has 2 rings (SSSR count). The smallest absolute Gasteiger partial charge is 0.250 e. The number of nitrogens with one attached hydrogen (secondary N) is 2. The van der Waals surface area contributed by atoms with E-state index in [4.69, 9.17) is 21.7 Å². The van der Waals surface area contributed by atoms with E-state index in [0.717, 1.165) is 5.56 Å². The Morgan fingerprint density at radius 2 is 1.96 bits per heavy atom. The minimum atomic E-state index is -0.349. The second-order valence-electron chi connectivity index (χ2n) is 4.61. The molecule has 0 unspecified atom stereocenters. The highest BCUT2D eigenvalue weighted by atomic mass is 32.1. The zero-order chi connectivity index (χ0) is 17.4. The van der Waals surface area contributed by atoms with Crippen molar-refractivity contribution in [3.05, 3.63) is 54.2 Å². The number of amides is 1. The third-order valence-corrected chi connectivity index (χ3v) is 3.18. The van der Waals surface area contributed by atoms with Gasteiger partial charge < -0.3 is 14.8 Å². The van der Waals surface area contributed by atoms with Crippen LogP contribution in [0, 0.1) is 0 Å². The quantitative estimate of drug-likeness (QED) is 0.642. The van der Waals surface area contributed by atoms with Gasteiger partial charge in [-0.15, -0.1) is 0 Å². The maximum absolute atomic E-state index is 11.9.